The van der Waals surface area contributed by atoms with E-state index in [0.29, 0.717) is 0 Å². The van der Waals surface area contributed by atoms with E-state index in [0.717, 1.165) is 9.79 Å². The fraction of sp³-hybridized carbons (Fsp3) is 0.143. The molecular formula is C14H17OPS3. The van der Waals surface area contributed by atoms with E-state index in [-0.39, 0.29) is 0 Å². The van der Waals surface area contributed by atoms with Gasteiger partial charge in [0.05, 0.1) is 0 Å². The van der Waals surface area contributed by atoms with Gasteiger partial charge in [0.2, 0.25) is 0 Å². The van der Waals surface area contributed by atoms with Crippen LogP contribution in [0.4, 0.5) is 0 Å². The third-order valence-electron chi connectivity index (χ3n) is 2.73. The maximum Gasteiger partial charge on any atom is 0.136 e. The highest BCUT2D eigenvalue weighted by atomic mass is 33.2. The number of hydrogen-bond donors (Lipinski definition) is 3. The molecule has 0 heterocycles. The quantitative estimate of drug-likeness (QED) is 0.531. The summed E-state index contributed by atoms with van der Waals surface area (Å²) in [7, 11) is -0.490. The second-order valence-corrected chi connectivity index (χ2v) is 15.7. The van der Waals surface area contributed by atoms with Gasteiger partial charge in [-0.25, -0.2) is 0 Å². The lowest BCUT2D eigenvalue weighted by Crippen LogP contribution is -1.93. The molecule has 0 aromatic heterocycles. The van der Waals surface area contributed by atoms with Crippen molar-refractivity contribution in [3.8, 4) is 0 Å². The van der Waals surface area contributed by atoms with Crippen LogP contribution in [0.25, 0.3) is 0 Å². The zero-order valence-electron chi connectivity index (χ0n) is 10.8. The van der Waals surface area contributed by atoms with Gasteiger partial charge in [0.25, 0.3) is 0 Å². The Bertz CT molecular complexity index is 571. The summed E-state index contributed by atoms with van der Waals surface area (Å²) in [5.41, 5.74) is 2.41. The molecule has 0 unspecified atom stereocenters. The Morgan fingerprint density at radius 1 is 0.789 bits per heavy atom. The number of rotatable bonds is 2. The Morgan fingerprint density at radius 2 is 1.11 bits per heavy atom. The molecule has 2 aromatic rings. The molecule has 0 saturated heterocycles. The van der Waals surface area contributed by atoms with Gasteiger partial charge in [-0.3, -0.25) is 0 Å². The second kappa shape index (κ2) is 6.11. The Hall–Kier alpha value is -0.120. The molecule has 0 amide bonds. The largest absolute Gasteiger partial charge is 0.353 e. The van der Waals surface area contributed by atoms with Crippen molar-refractivity contribution in [2.75, 3.05) is 0 Å². The lowest BCUT2D eigenvalue weighted by atomic mass is 10.2. The third kappa shape index (κ3) is 3.93. The summed E-state index contributed by atoms with van der Waals surface area (Å²) in [6.07, 6.45) is 0. The van der Waals surface area contributed by atoms with Crippen LogP contribution in [0.2, 0.25) is 0 Å². The maximum absolute atomic E-state index is 10.4. The van der Waals surface area contributed by atoms with Crippen LogP contribution in [0.3, 0.4) is 0 Å². The second-order valence-electron chi connectivity index (χ2n) is 4.42. The van der Waals surface area contributed by atoms with Crippen molar-refractivity contribution in [2.45, 2.75) is 23.6 Å². The molecule has 0 aliphatic carbocycles. The number of hydrogen-bond acceptors (Lipinski definition) is 0. The van der Waals surface area contributed by atoms with Gasteiger partial charge in [0, 0.05) is 9.79 Å². The minimum absolute atomic E-state index is 0.490. The van der Waals surface area contributed by atoms with Crippen LogP contribution in [0.1, 0.15) is 11.1 Å². The fourth-order valence-corrected chi connectivity index (χ4v) is 9.20. The molecular weight excluding hydrogens is 311 g/mol. The predicted octanol–water partition coefficient (Wildman–Crippen LogP) is 4.87. The van der Waals surface area contributed by atoms with Gasteiger partial charge >= 0.3 is 0 Å². The summed E-state index contributed by atoms with van der Waals surface area (Å²) in [6.45, 7) is 4.10. The molecule has 1 nitrogen and oxygen atoms in total. The monoisotopic (exact) mass is 328 g/mol. The molecule has 0 bridgehead atoms. The van der Waals surface area contributed by atoms with E-state index < -0.39 is 14.7 Å². The van der Waals surface area contributed by atoms with E-state index in [9.17, 15) is 4.89 Å². The summed E-state index contributed by atoms with van der Waals surface area (Å²) in [4.78, 5) is 12.5. The van der Waals surface area contributed by atoms with Crippen LogP contribution in [0, 0.1) is 13.8 Å². The highest BCUT2D eigenvalue weighted by Gasteiger charge is 2.14. The summed E-state index contributed by atoms with van der Waals surface area (Å²) < 4.78 is -2.58. The first-order valence-corrected chi connectivity index (χ1v) is 11.7. The van der Waals surface area contributed by atoms with Crippen molar-refractivity contribution in [2.24, 2.45) is 0 Å². The molecule has 19 heavy (non-hydrogen) atoms. The summed E-state index contributed by atoms with van der Waals surface area (Å²) in [6, 6.07) is 16.4. The summed E-state index contributed by atoms with van der Waals surface area (Å²) >= 11 is 8.73. The van der Waals surface area contributed by atoms with Gasteiger partial charge < -0.3 is 4.89 Å². The van der Waals surface area contributed by atoms with E-state index in [2.05, 4.69) is 86.9 Å². The van der Waals surface area contributed by atoms with Crippen LogP contribution < -0.4 is 0 Å². The molecule has 1 N–H and O–H groups in total. The summed E-state index contributed by atoms with van der Waals surface area (Å²) in [5, 5.41) is 0. The zero-order valence-corrected chi connectivity index (χ0v) is 14.3. The normalized spacial score (nSPS) is 11.9. The van der Waals surface area contributed by atoms with Gasteiger partial charge in [0.15, 0.2) is 0 Å². The van der Waals surface area contributed by atoms with E-state index in [1.807, 2.05) is 0 Å². The lowest BCUT2D eigenvalue weighted by molar-refractivity contribution is 0.654. The summed E-state index contributed by atoms with van der Waals surface area (Å²) in [5.74, 6) is 0. The van der Waals surface area contributed by atoms with Gasteiger partial charge in [-0.2, -0.15) is 0 Å². The smallest absolute Gasteiger partial charge is 0.136 e. The zero-order chi connectivity index (χ0) is 14.0. The standard InChI is InChI=1S/C14H17OPS3/c1-11-3-7-13(8-4-11)19(16(15,17)18)14-9-5-12(2)6-10-14/h3-10,15,17-18H,1-2H3. The number of thiol groups is 2. The van der Waals surface area contributed by atoms with Gasteiger partial charge in [0.1, 0.15) is 4.67 Å². The van der Waals surface area contributed by atoms with Gasteiger partial charge in [-0.1, -0.05) is 45.5 Å². The third-order valence-corrected chi connectivity index (χ3v) is 10.3. The molecule has 102 valence electrons. The maximum atomic E-state index is 10.4. The number of benzene rings is 2. The first kappa shape index (κ1) is 15.3. The van der Waals surface area contributed by atoms with Gasteiger partial charge in [-0.15, -0.1) is 24.5 Å². The van der Waals surface area contributed by atoms with Crippen molar-refractivity contribution in [3.63, 3.8) is 0 Å². The Morgan fingerprint density at radius 3 is 1.37 bits per heavy atom. The molecule has 0 saturated carbocycles. The molecule has 0 radical (unpaired) electrons. The molecule has 2 rings (SSSR count). The van der Waals surface area contributed by atoms with Crippen LogP contribution in [0.15, 0.2) is 58.3 Å². The molecule has 0 spiro atoms. The molecule has 0 aliphatic heterocycles. The van der Waals surface area contributed by atoms with Gasteiger partial charge in [-0.05, 0) is 38.1 Å². The van der Waals surface area contributed by atoms with E-state index in [1.54, 1.807) is 0 Å². The first-order valence-electron chi connectivity index (χ1n) is 5.83. The van der Waals surface area contributed by atoms with E-state index >= 15 is 0 Å². The minimum atomic E-state index is -2.58. The van der Waals surface area contributed by atoms with Crippen LogP contribution in [-0.4, -0.2) is 4.89 Å². The lowest BCUT2D eigenvalue weighted by Gasteiger charge is -2.18. The first-order chi connectivity index (χ1) is 8.88. The molecule has 0 fully saturated rings. The Labute approximate surface area is 127 Å². The Balaban J connectivity index is 2.62. The van der Waals surface area contributed by atoms with Crippen molar-refractivity contribution in [1.82, 2.24) is 0 Å². The highest BCUT2D eigenvalue weighted by molar-refractivity contribution is 8.94. The van der Waals surface area contributed by atoms with Crippen molar-refractivity contribution < 1.29 is 4.89 Å². The Kier molecular flexibility index (Phi) is 4.91. The van der Waals surface area contributed by atoms with Crippen molar-refractivity contribution >= 4 is 39.2 Å². The molecule has 2 aromatic carbocycles. The molecule has 0 aliphatic rings. The van der Waals surface area contributed by atoms with E-state index in [4.69, 9.17) is 0 Å². The predicted molar refractivity (Wildman–Crippen MR) is 93.4 cm³/mol. The van der Waals surface area contributed by atoms with Crippen molar-refractivity contribution in [3.05, 3.63) is 59.7 Å². The SMILES string of the molecule is Cc1ccc(S(c2ccc(C)cc2)=P(O)(S)S)cc1. The van der Waals surface area contributed by atoms with Crippen LogP contribution in [-0.2, 0) is 10.1 Å². The van der Waals surface area contributed by atoms with Crippen LogP contribution in [0.5, 0.6) is 0 Å². The fourth-order valence-electron chi connectivity index (χ4n) is 1.75. The highest BCUT2D eigenvalue weighted by Crippen LogP contribution is 2.59. The van der Waals surface area contributed by atoms with Crippen LogP contribution >= 0.6 is 29.2 Å². The topological polar surface area (TPSA) is 20.2 Å². The average molecular weight is 328 g/mol. The van der Waals surface area contributed by atoms with Crippen molar-refractivity contribution in [1.29, 1.82) is 0 Å². The number of aryl methyl sites for hydroxylation is 2. The average Bonchev–Trinajstić information content (AvgIpc) is 2.33. The molecule has 5 heteroatoms. The molecule has 0 atom stereocenters. The van der Waals surface area contributed by atoms with E-state index in [1.165, 1.54) is 11.1 Å². The minimum Gasteiger partial charge on any atom is -0.353 e.